The first kappa shape index (κ1) is 14.1. The SMILES string of the molecule is CCCN1C(=O)COc2ccc(C(=O)C3CCCN3)cc21. The molecule has 0 radical (unpaired) electrons. The van der Waals surface area contributed by atoms with Crippen LogP contribution in [0.15, 0.2) is 18.2 Å². The molecule has 21 heavy (non-hydrogen) atoms. The summed E-state index contributed by atoms with van der Waals surface area (Å²) >= 11 is 0. The molecule has 5 nitrogen and oxygen atoms in total. The zero-order valence-corrected chi connectivity index (χ0v) is 12.2. The molecule has 0 spiro atoms. The van der Waals surface area contributed by atoms with Crippen LogP contribution in [0.4, 0.5) is 5.69 Å². The van der Waals surface area contributed by atoms with Gasteiger partial charge in [-0.05, 0) is 44.0 Å². The molecule has 0 saturated carbocycles. The zero-order valence-electron chi connectivity index (χ0n) is 12.2. The van der Waals surface area contributed by atoms with Gasteiger partial charge < -0.3 is 15.0 Å². The van der Waals surface area contributed by atoms with Gasteiger partial charge in [-0.25, -0.2) is 0 Å². The van der Waals surface area contributed by atoms with Crippen molar-refractivity contribution in [2.75, 3.05) is 24.6 Å². The molecule has 2 aliphatic rings. The van der Waals surface area contributed by atoms with Gasteiger partial charge in [-0.15, -0.1) is 0 Å². The summed E-state index contributed by atoms with van der Waals surface area (Å²) in [6.45, 7) is 3.64. The minimum atomic E-state index is -0.0946. The Balaban J connectivity index is 1.91. The van der Waals surface area contributed by atoms with Crippen molar-refractivity contribution >= 4 is 17.4 Å². The van der Waals surface area contributed by atoms with E-state index in [1.807, 2.05) is 6.92 Å². The molecule has 3 rings (SSSR count). The Kier molecular flexibility index (Phi) is 3.92. The second-order valence-electron chi connectivity index (χ2n) is 5.53. The average Bonchev–Trinajstić information content (AvgIpc) is 3.03. The largest absolute Gasteiger partial charge is 0.482 e. The molecule has 112 valence electrons. The van der Waals surface area contributed by atoms with Gasteiger partial charge in [0, 0.05) is 12.1 Å². The lowest BCUT2D eigenvalue weighted by molar-refractivity contribution is -0.121. The molecule has 1 unspecified atom stereocenters. The van der Waals surface area contributed by atoms with Crippen LogP contribution in [-0.4, -0.2) is 37.4 Å². The van der Waals surface area contributed by atoms with Gasteiger partial charge >= 0.3 is 0 Å². The molecular formula is C16H20N2O3. The number of benzene rings is 1. The lowest BCUT2D eigenvalue weighted by atomic mass is 10.0. The third kappa shape index (κ3) is 2.65. The minimum absolute atomic E-state index is 0.0482. The second kappa shape index (κ2) is 5.85. The van der Waals surface area contributed by atoms with Crippen LogP contribution >= 0.6 is 0 Å². The fraction of sp³-hybridized carbons (Fsp3) is 0.500. The number of rotatable bonds is 4. The number of fused-ring (bicyclic) bond motifs is 1. The Morgan fingerprint density at radius 1 is 1.48 bits per heavy atom. The fourth-order valence-corrected chi connectivity index (χ4v) is 2.93. The van der Waals surface area contributed by atoms with E-state index >= 15 is 0 Å². The van der Waals surface area contributed by atoms with Crippen LogP contribution in [0.5, 0.6) is 5.75 Å². The number of Topliss-reactive ketones (excluding diaryl/α,β-unsaturated/α-hetero) is 1. The van der Waals surface area contributed by atoms with Crippen LogP contribution in [0, 0.1) is 0 Å². The van der Waals surface area contributed by atoms with E-state index in [1.54, 1.807) is 23.1 Å². The normalized spacial score (nSPS) is 21.1. The summed E-state index contributed by atoms with van der Waals surface area (Å²) in [7, 11) is 0. The van der Waals surface area contributed by atoms with E-state index in [-0.39, 0.29) is 24.3 Å². The summed E-state index contributed by atoms with van der Waals surface area (Å²) in [5, 5.41) is 3.22. The maximum Gasteiger partial charge on any atom is 0.265 e. The summed E-state index contributed by atoms with van der Waals surface area (Å²) in [5.41, 5.74) is 1.37. The molecule has 0 aliphatic carbocycles. The number of hydrogen-bond acceptors (Lipinski definition) is 4. The second-order valence-corrected chi connectivity index (χ2v) is 5.53. The molecule has 0 bridgehead atoms. The van der Waals surface area contributed by atoms with Crippen molar-refractivity contribution in [1.29, 1.82) is 0 Å². The van der Waals surface area contributed by atoms with Gasteiger partial charge in [0.1, 0.15) is 5.75 Å². The molecule has 0 aromatic heterocycles. The maximum atomic E-state index is 12.5. The van der Waals surface area contributed by atoms with Crippen LogP contribution in [0.1, 0.15) is 36.5 Å². The molecule has 2 aliphatic heterocycles. The lowest BCUT2D eigenvalue weighted by Gasteiger charge is -2.29. The molecule has 1 amide bonds. The number of carbonyl (C=O) groups excluding carboxylic acids is 2. The highest BCUT2D eigenvalue weighted by atomic mass is 16.5. The maximum absolute atomic E-state index is 12.5. The quantitative estimate of drug-likeness (QED) is 0.858. The van der Waals surface area contributed by atoms with E-state index in [0.29, 0.717) is 17.9 Å². The predicted octanol–water partition coefficient (Wildman–Crippen LogP) is 1.76. The van der Waals surface area contributed by atoms with Gasteiger partial charge in [0.25, 0.3) is 5.91 Å². The van der Waals surface area contributed by atoms with Crippen molar-refractivity contribution < 1.29 is 14.3 Å². The van der Waals surface area contributed by atoms with E-state index in [1.165, 1.54) is 0 Å². The van der Waals surface area contributed by atoms with Crippen LogP contribution in [0.25, 0.3) is 0 Å². The molecule has 2 heterocycles. The van der Waals surface area contributed by atoms with E-state index in [2.05, 4.69) is 5.32 Å². The Morgan fingerprint density at radius 3 is 3.05 bits per heavy atom. The summed E-state index contributed by atoms with van der Waals surface area (Å²) in [6.07, 6.45) is 2.78. The first-order chi connectivity index (χ1) is 10.2. The number of nitrogens with zero attached hydrogens (tertiary/aromatic N) is 1. The summed E-state index contributed by atoms with van der Waals surface area (Å²) in [5.74, 6) is 0.733. The van der Waals surface area contributed by atoms with Crippen molar-refractivity contribution in [3.05, 3.63) is 23.8 Å². The number of anilines is 1. The third-order valence-electron chi connectivity index (χ3n) is 4.01. The van der Waals surface area contributed by atoms with Crippen molar-refractivity contribution in [1.82, 2.24) is 5.32 Å². The van der Waals surface area contributed by atoms with E-state index in [0.717, 1.165) is 31.5 Å². The standard InChI is InChI=1S/C16H20N2O3/c1-2-8-18-13-9-11(16(20)12-4-3-7-17-12)5-6-14(13)21-10-15(18)19/h5-6,9,12,17H,2-4,7-8,10H2,1H3. The van der Waals surface area contributed by atoms with Crippen LogP contribution < -0.4 is 15.0 Å². The molecule has 1 aromatic rings. The zero-order chi connectivity index (χ0) is 14.8. The molecule has 1 atom stereocenters. The van der Waals surface area contributed by atoms with Crippen molar-refractivity contribution in [2.24, 2.45) is 0 Å². The minimum Gasteiger partial charge on any atom is -0.482 e. The van der Waals surface area contributed by atoms with E-state index in [9.17, 15) is 9.59 Å². The topological polar surface area (TPSA) is 58.6 Å². The molecular weight excluding hydrogens is 268 g/mol. The highest BCUT2D eigenvalue weighted by Gasteiger charge is 2.28. The van der Waals surface area contributed by atoms with Crippen molar-refractivity contribution in [2.45, 2.75) is 32.2 Å². The number of amides is 1. The first-order valence-electron chi connectivity index (χ1n) is 7.55. The van der Waals surface area contributed by atoms with Gasteiger partial charge in [-0.2, -0.15) is 0 Å². The van der Waals surface area contributed by atoms with Crippen LogP contribution in [0.2, 0.25) is 0 Å². The van der Waals surface area contributed by atoms with E-state index in [4.69, 9.17) is 4.74 Å². The van der Waals surface area contributed by atoms with E-state index < -0.39 is 0 Å². The summed E-state index contributed by atoms with van der Waals surface area (Å²) in [6, 6.07) is 5.29. The molecule has 1 fully saturated rings. The smallest absolute Gasteiger partial charge is 0.265 e. The van der Waals surface area contributed by atoms with Crippen molar-refractivity contribution in [3.63, 3.8) is 0 Å². The Labute approximate surface area is 124 Å². The molecule has 1 N–H and O–H groups in total. The summed E-state index contributed by atoms with van der Waals surface area (Å²) < 4.78 is 5.45. The van der Waals surface area contributed by atoms with Gasteiger partial charge in [0.2, 0.25) is 0 Å². The third-order valence-corrected chi connectivity index (χ3v) is 4.01. The first-order valence-corrected chi connectivity index (χ1v) is 7.55. The monoisotopic (exact) mass is 288 g/mol. The molecule has 5 heteroatoms. The molecule has 1 saturated heterocycles. The number of carbonyl (C=O) groups is 2. The van der Waals surface area contributed by atoms with Gasteiger partial charge in [0.15, 0.2) is 12.4 Å². The number of ether oxygens (including phenoxy) is 1. The van der Waals surface area contributed by atoms with Crippen LogP contribution in [-0.2, 0) is 4.79 Å². The average molecular weight is 288 g/mol. The Morgan fingerprint density at radius 2 is 2.33 bits per heavy atom. The number of hydrogen-bond donors (Lipinski definition) is 1. The van der Waals surface area contributed by atoms with Gasteiger partial charge in [-0.1, -0.05) is 6.92 Å². The van der Waals surface area contributed by atoms with Gasteiger partial charge in [0.05, 0.1) is 11.7 Å². The number of ketones is 1. The van der Waals surface area contributed by atoms with Crippen LogP contribution in [0.3, 0.4) is 0 Å². The van der Waals surface area contributed by atoms with Crippen molar-refractivity contribution in [3.8, 4) is 5.75 Å². The Bertz CT molecular complexity index is 565. The molecule has 1 aromatic carbocycles. The summed E-state index contributed by atoms with van der Waals surface area (Å²) in [4.78, 5) is 26.2. The Hall–Kier alpha value is -1.88. The fourth-order valence-electron chi connectivity index (χ4n) is 2.93. The highest BCUT2D eigenvalue weighted by Crippen LogP contribution is 2.33. The lowest BCUT2D eigenvalue weighted by Crippen LogP contribution is -2.39. The predicted molar refractivity (Wildman–Crippen MR) is 79.9 cm³/mol. The number of nitrogens with one attached hydrogen (secondary N) is 1. The highest BCUT2D eigenvalue weighted by molar-refractivity contribution is 6.04. The van der Waals surface area contributed by atoms with Gasteiger partial charge in [-0.3, -0.25) is 9.59 Å².